The zero-order chi connectivity index (χ0) is 11.8. The lowest BCUT2D eigenvalue weighted by molar-refractivity contribution is 0.122. The number of nitrogens with zero attached hydrogens (tertiary/aromatic N) is 2. The first-order valence-electron chi connectivity index (χ1n) is 6.03. The molecule has 1 saturated heterocycles. The summed E-state index contributed by atoms with van der Waals surface area (Å²) < 4.78 is 5.28. The molecule has 0 aromatic carbocycles. The summed E-state index contributed by atoms with van der Waals surface area (Å²) in [6.07, 6.45) is 3.18. The topological polar surface area (TPSA) is 25.4 Å². The molecule has 0 spiro atoms. The van der Waals surface area contributed by atoms with Crippen LogP contribution in [-0.2, 0) is 4.74 Å². The van der Waals surface area contributed by atoms with Gasteiger partial charge in [-0.25, -0.2) is 0 Å². The van der Waals surface area contributed by atoms with Gasteiger partial charge in [0, 0.05) is 18.8 Å². The second-order valence-electron chi connectivity index (χ2n) is 3.96. The van der Waals surface area contributed by atoms with Crippen LogP contribution < -0.4 is 4.90 Å². The van der Waals surface area contributed by atoms with Crippen LogP contribution in [-0.4, -0.2) is 31.3 Å². The number of aryl methyl sites for hydroxylation is 1. The van der Waals surface area contributed by atoms with Crippen molar-refractivity contribution in [1.82, 2.24) is 4.98 Å². The quantitative estimate of drug-likeness (QED) is 0.730. The number of anilines is 1. The van der Waals surface area contributed by atoms with E-state index in [1.165, 1.54) is 12.1 Å². The average Bonchev–Trinajstić information content (AvgIpc) is 2.32. The van der Waals surface area contributed by atoms with Gasteiger partial charge in [0.2, 0.25) is 0 Å². The minimum Gasteiger partial charge on any atom is -0.378 e. The summed E-state index contributed by atoms with van der Waals surface area (Å²) in [5.74, 6) is 0. The number of rotatable bonds is 1. The largest absolute Gasteiger partial charge is 0.378 e. The molecule has 2 rings (SSSR count). The first kappa shape index (κ1) is 13.0. The molecular formula is C13H22N2O. The summed E-state index contributed by atoms with van der Waals surface area (Å²) in [6, 6.07) is 4.17. The van der Waals surface area contributed by atoms with E-state index in [9.17, 15) is 0 Å². The second kappa shape index (κ2) is 7.23. The fourth-order valence-electron chi connectivity index (χ4n) is 1.47. The van der Waals surface area contributed by atoms with E-state index in [2.05, 4.69) is 29.8 Å². The van der Waals surface area contributed by atoms with E-state index in [1.807, 2.05) is 19.2 Å². The molecular weight excluding hydrogens is 200 g/mol. The fourth-order valence-corrected chi connectivity index (χ4v) is 1.47. The maximum absolute atomic E-state index is 5.28. The number of aromatic nitrogens is 1. The van der Waals surface area contributed by atoms with Crippen LogP contribution in [0.3, 0.4) is 0 Å². The van der Waals surface area contributed by atoms with Crippen LogP contribution in [0.25, 0.3) is 0 Å². The Morgan fingerprint density at radius 1 is 1.25 bits per heavy atom. The molecule has 1 aliphatic heterocycles. The number of pyridine rings is 1. The molecule has 0 aliphatic carbocycles. The summed E-state index contributed by atoms with van der Waals surface area (Å²) in [4.78, 5) is 6.57. The van der Waals surface area contributed by atoms with Gasteiger partial charge >= 0.3 is 0 Å². The molecule has 3 nitrogen and oxygen atoms in total. The summed E-state index contributed by atoms with van der Waals surface area (Å²) in [7, 11) is 0. The number of hydrogen-bond donors (Lipinski definition) is 0. The molecule has 1 fully saturated rings. The van der Waals surface area contributed by atoms with Crippen molar-refractivity contribution in [2.45, 2.75) is 27.2 Å². The van der Waals surface area contributed by atoms with Crippen LogP contribution in [0.5, 0.6) is 0 Å². The van der Waals surface area contributed by atoms with E-state index in [4.69, 9.17) is 4.74 Å². The lowest BCUT2D eigenvalue weighted by atomic mass is 10.3. The number of morpholine rings is 1. The van der Waals surface area contributed by atoms with Crippen molar-refractivity contribution in [2.24, 2.45) is 0 Å². The van der Waals surface area contributed by atoms with Gasteiger partial charge in [0.25, 0.3) is 0 Å². The molecule has 3 heteroatoms. The zero-order valence-corrected chi connectivity index (χ0v) is 10.6. The maximum Gasteiger partial charge on any atom is 0.0642 e. The third-order valence-electron chi connectivity index (χ3n) is 2.27. The standard InChI is InChI=1S/C10H14N2O.C3H8/c1-9-2-3-10(8-11-9)12-4-6-13-7-5-12;1-3-2/h2-3,8H,4-7H2,1H3;3H2,1-2H3. The van der Waals surface area contributed by atoms with Crippen LogP contribution in [0.15, 0.2) is 18.3 Å². The second-order valence-corrected chi connectivity index (χ2v) is 3.96. The van der Waals surface area contributed by atoms with E-state index < -0.39 is 0 Å². The van der Waals surface area contributed by atoms with Crippen molar-refractivity contribution in [3.8, 4) is 0 Å². The third-order valence-corrected chi connectivity index (χ3v) is 2.27. The Morgan fingerprint density at radius 3 is 2.38 bits per heavy atom. The fraction of sp³-hybridized carbons (Fsp3) is 0.615. The molecule has 1 aromatic rings. The van der Waals surface area contributed by atoms with Crippen LogP contribution in [0.2, 0.25) is 0 Å². The molecule has 0 atom stereocenters. The molecule has 0 radical (unpaired) electrons. The maximum atomic E-state index is 5.28. The van der Waals surface area contributed by atoms with E-state index in [0.717, 1.165) is 32.0 Å². The minimum atomic E-state index is 0.827. The Hall–Kier alpha value is -1.09. The first-order valence-corrected chi connectivity index (χ1v) is 6.03. The van der Waals surface area contributed by atoms with Gasteiger partial charge < -0.3 is 9.64 Å². The highest BCUT2D eigenvalue weighted by atomic mass is 16.5. The number of hydrogen-bond acceptors (Lipinski definition) is 3. The van der Waals surface area contributed by atoms with Crippen LogP contribution in [0, 0.1) is 6.92 Å². The predicted molar refractivity (Wildman–Crippen MR) is 68.0 cm³/mol. The van der Waals surface area contributed by atoms with Crippen molar-refractivity contribution < 1.29 is 4.74 Å². The van der Waals surface area contributed by atoms with Gasteiger partial charge in [0.1, 0.15) is 0 Å². The molecule has 2 heterocycles. The SMILES string of the molecule is CCC.Cc1ccc(N2CCOCC2)cn1. The smallest absolute Gasteiger partial charge is 0.0642 e. The highest BCUT2D eigenvalue weighted by Crippen LogP contribution is 2.13. The van der Waals surface area contributed by atoms with Gasteiger partial charge in [-0.3, -0.25) is 4.98 Å². The highest BCUT2D eigenvalue weighted by molar-refractivity contribution is 5.44. The molecule has 0 saturated carbocycles. The summed E-state index contributed by atoms with van der Waals surface area (Å²) >= 11 is 0. The summed E-state index contributed by atoms with van der Waals surface area (Å²) in [5.41, 5.74) is 2.27. The predicted octanol–water partition coefficient (Wildman–Crippen LogP) is 2.64. The molecule has 1 aliphatic rings. The lowest BCUT2D eigenvalue weighted by Gasteiger charge is -2.28. The van der Waals surface area contributed by atoms with E-state index in [0.29, 0.717) is 0 Å². The molecule has 90 valence electrons. The van der Waals surface area contributed by atoms with Crippen molar-refractivity contribution in [2.75, 3.05) is 31.2 Å². The highest BCUT2D eigenvalue weighted by Gasteiger charge is 2.10. The summed E-state index contributed by atoms with van der Waals surface area (Å²) in [6.45, 7) is 9.86. The Labute approximate surface area is 98.4 Å². The van der Waals surface area contributed by atoms with Gasteiger partial charge in [0.15, 0.2) is 0 Å². The lowest BCUT2D eigenvalue weighted by Crippen LogP contribution is -2.36. The molecule has 16 heavy (non-hydrogen) atoms. The average molecular weight is 222 g/mol. The van der Waals surface area contributed by atoms with E-state index in [1.54, 1.807) is 0 Å². The Balaban J connectivity index is 0.000000386. The minimum absolute atomic E-state index is 0.827. The van der Waals surface area contributed by atoms with Gasteiger partial charge in [-0.15, -0.1) is 0 Å². The Bertz CT molecular complexity index is 278. The Kier molecular flexibility index (Phi) is 5.86. The molecule has 0 N–H and O–H groups in total. The van der Waals surface area contributed by atoms with Crippen LogP contribution >= 0.6 is 0 Å². The monoisotopic (exact) mass is 222 g/mol. The van der Waals surface area contributed by atoms with E-state index >= 15 is 0 Å². The zero-order valence-electron chi connectivity index (χ0n) is 10.6. The van der Waals surface area contributed by atoms with Crippen LogP contribution in [0.4, 0.5) is 5.69 Å². The third kappa shape index (κ3) is 4.19. The molecule has 0 unspecified atom stereocenters. The molecule has 0 bridgehead atoms. The van der Waals surface area contributed by atoms with Crippen molar-refractivity contribution in [3.05, 3.63) is 24.0 Å². The van der Waals surface area contributed by atoms with Crippen molar-refractivity contribution in [1.29, 1.82) is 0 Å². The molecule has 0 amide bonds. The van der Waals surface area contributed by atoms with Crippen molar-refractivity contribution in [3.63, 3.8) is 0 Å². The Morgan fingerprint density at radius 2 is 1.88 bits per heavy atom. The van der Waals surface area contributed by atoms with Gasteiger partial charge in [-0.2, -0.15) is 0 Å². The first-order chi connectivity index (χ1) is 7.77. The van der Waals surface area contributed by atoms with Gasteiger partial charge in [-0.05, 0) is 19.1 Å². The van der Waals surface area contributed by atoms with Crippen molar-refractivity contribution >= 4 is 5.69 Å². The van der Waals surface area contributed by atoms with Crippen LogP contribution in [0.1, 0.15) is 26.0 Å². The van der Waals surface area contributed by atoms with E-state index in [-0.39, 0.29) is 0 Å². The molecule has 1 aromatic heterocycles. The number of ether oxygens (including phenoxy) is 1. The summed E-state index contributed by atoms with van der Waals surface area (Å²) in [5, 5.41) is 0. The van der Waals surface area contributed by atoms with Gasteiger partial charge in [-0.1, -0.05) is 20.3 Å². The normalized spacial score (nSPS) is 15.3. The van der Waals surface area contributed by atoms with Gasteiger partial charge in [0.05, 0.1) is 25.1 Å².